The van der Waals surface area contributed by atoms with E-state index in [0.29, 0.717) is 11.8 Å². The summed E-state index contributed by atoms with van der Waals surface area (Å²) in [7, 11) is 0. The molecule has 0 bridgehead atoms. The van der Waals surface area contributed by atoms with E-state index in [2.05, 4.69) is 24.3 Å². The Morgan fingerprint density at radius 3 is 3.07 bits per heavy atom. The minimum absolute atomic E-state index is 0.439. The molecule has 0 N–H and O–H groups in total. The predicted octanol–water partition coefficient (Wildman–Crippen LogP) is 2.79. The average Bonchev–Trinajstić information content (AvgIpc) is 2.52. The Balaban J connectivity index is 1.91. The highest BCUT2D eigenvalue weighted by molar-refractivity contribution is 5.39. The van der Waals surface area contributed by atoms with Gasteiger partial charge in [-0.05, 0) is 24.0 Å². The average molecular weight is 204 g/mol. The zero-order valence-corrected chi connectivity index (χ0v) is 9.19. The summed E-state index contributed by atoms with van der Waals surface area (Å²) >= 11 is 0. The molecule has 3 aliphatic rings. The van der Waals surface area contributed by atoms with Gasteiger partial charge in [-0.1, -0.05) is 18.2 Å². The SMILES string of the molecule is CC1(C)OCC2C(=CC3=CC=CCC32)O1. The van der Waals surface area contributed by atoms with Gasteiger partial charge in [0, 0.05) is 19.8 Å². The molecule has 1 saturated heterocycles. The molecule has 1 heterocycles. The van der Waals surface area contributed by atoms with E-state index in [4.69, 9.17) is 9.47 Å². The van der Waals surface area contributed by atoms with Gasteiger partial charge in [0.1, 0.15) is 5.76 Å². The van der Waals surface area contributed by atoms with Gasteiger partial charge in [-0.2, -0.15) is 0 Å². The lowest BCUT2D eigenvalue weighted by Gasteiger charge is -2.37. The van der Waals surface area contributed by atoms with E-state index < -0.39 is 5.79 Å². The van der Waals surface area contributed by atoms with Crippen molar-refractivity contribution in [1.82, 2.24) is 0 Å². The highest BCUT2D eigenvalue weighted by atomic mass is 16.7. The van der Waals surface area contributed by atoms with Gasteiger partial charge >= 0.3 is 0 Å². The van der Waals surface area contributed by atoms with E-state index in [0.717, 1.165) is 18.8 Å². The summed E-state index contributed by atoms with van der Waals surface area (Å²) in [5, 5.41) is 0. The molecule has 0 amide bonds. The number of ether oxygens (including phenoxy) is 2. The van der Waals surface area contributed by atoms with Crippen LogP contribution in [-0.2, 0) is 9.47 Å². The maximum absolute atomic E-state index is 5.86. The molecule has 0 aromatic rings. The van der Waals surface area contributed by atoms with Crippen molar-refractivity contribution in [3.63, 3.8) is 0 Å². The zero-order chi connectivity index (χ0) is 10.5. The second kappa shape index (κ2) is 2.99. The fourth-order valence-corrected chi connectivity index (χ4v) is 2.59. The molecule has 0 aromatic carbocycles. The summed E-state index contributed by atoms with van der Waals surface area (Å²) in [4.78, 5) is 0. The minimum Gasteiger partial charge on any atom is -0.467 e. The topological polar surface area (TPSA) is 18.5 Å². The van der Waals surface area contributed by atoms with Gasteiger partial charge in [0.2, 0.25) is 5.79 Å². The normalized spacial score (nSPS) is 36.1. The van der Waals surface area contributed by atoms with E-state index in [-0.39, 0.29) is 0 Å². The van der Waals surface area contributed by atoms with Gasteiger partial charge in [0.15, 0.2) is 0 Å². The van der Waals surface area contributed by atoms with Crippen LogP contribution in [0.15, 0.2) is 35.6 Å². The van der Waals surface area contributed by atoms with Crippen LogP contribution in [0.2, 0.25) is 0 Å². The van der Waals surface area contributed by atoms with Crippen molar-refractivity contribution in [2.45, 2.75) is 26.1 Å². The van der Waals surface area contributed by atoms with Gasteiger partial charge < -0.3 is 9.47 Å². The Morgan fingerprint density at radius 2 is 2.20 bits per heavy atom. The van der Waals surface area contributed by atoms with Crippen molar-refractivity contribution < 1.29 is 9.47 Å². The molecule has 2 atom stereocenters. The van der Waals surface area contributed by atoms with Gasteiger partial charge in [-0.25, -0.2) is 0 Å². The Hall–Kier alpha value is -1.02. The van der Waals surface area contributed by atoms with Crippen molar-refractivity contribution in [1.29, 1.82) is 0 Å². The molecule has 1 fully saturated rings. The number of rotatable bonds is 0. The van der Waals surface area contributed by atoms with Crippen molar-refractivity contribution in [3.8, 4) is 0 Å². The summed E-state index contributed by atoms with van der Waals surface area (Å²) in [6.45, 7) is 4.73. The third kappa shape index (κ3) is 1.44. The Labute approximate surface area is 90.3 Å². The predicted molar refractivity (Wildman–Crippen MR) is 58.0 cm³/mol. The molecule has 2 aliphatic carbocycles. The second-order valence-electron chi connectivity index (χ2n) is 4.90. The van der Waals surface area contributed by atoms with Crippen LogP contribution in [0.25, 0.3) is 0 Å². The number of hydrogen-bond donors (Lipinski definition) is 0. The standard InChI is InChI=1S/C13H16O2/c1-13(2)14-8-11-10-6-4-3-5-9(10)7-12(11)15-13/h3-5,7,10-11H,6,8H2,1-2H3. The van der Waals surface area contributed by atoms with Crippen molar-refractivity contribution in [2.75, 3.05) is 6.61 Å². The fourth-order valence-electron chi connectivity index (χ4n) is 2.59. The van der Waals surface area contributed by atoms with E-state index in [1.54, 1.807) is 0 Å². The molecule has 0 spiro atoms. The Morgan fingerprint density at radius 1 is 1.33 bits per heavy atom. The first kappa shape index (κ1) is 9.22. The van der Waals surface area contributed by atoms with E-state index >= 15 is 0 Å². The molecular weight excluding hydrogens is 188 g/mol. The van der Waals surface area contributed by atoms with Crippen LogP contribution in [0.1, 0.15) is 20.3 Å². The first-order chi connectivity index (χ1) is 7.16. The molecule has 2 unspecified atom stereocenters. The lowest BCUT2D eigenvalue weighted by molar-refractivity contribution is -0.233. The molecular formula is C13H16O2. The highest BCUT2D eigenvalue weighted by Gasteiger charge is 2.41. The maximum Gasteiger partial charge on any atom is 0.204 e. The first-order valence-electron chi connectivity index (χ1n) is 5.57. The van der Waals surface area contributed by atoms with E-state index in [1.165, 1.54) is 5.57 Å². The highest BCUT2D eigenvalue weighted by Crippen LogP contribution is 2.45. The van der Waals surface area contributed by atoms with Crippen LogP contribution in [0.4, 0.5) is 0 Å². The molecule has 0 radical (unpaired) electrons. The monoisotopic (exact) mass is 204 g/mol. The summed E-state index contributed by atoms with van der Waals surface area (Å²) in [6.07, 6.45) is 9.86. The van der Waals surface area contributed by atoms with Crippen LogP contribution in [0, 0.1) is 11.8 Å². The lowest BCUT2D eigenvalue weighted by Crippen LogP contribution is -2.38. The lowest BCUT2D eigenvalue weighted by atomic mass is 9.86. The van der Waals surface area contributed by atoms with Crippen LogP contribution in [-0.4, -0.2) is 12.4 Å². The maximum atomic E-state index is 5.86. The Kier molecular flexibility index (Phi) is 1.84. The zero-order valence-electron chi connectivity index (χ0n) is 9.19. The summed E-state index contributed by atoms with van der Waals surface area (Å²) in [5.74, 6) is 1.69. The molecule has 1 aliphatic heterocycles. The quantitative estimate of drug-likeness (QED) is 0.604. The molecule has 0 saturated carbocycles. The minimum atomic E-state index is -0.455. The van der Waals surface area contributed by atoms with Crippen LogP contribution < -0.4 is 0 Å². The number of allylic oxidation sites excluding steroid dienone is 5. The molecule has 2 nitrogen and oxygen atoms in total. The summed E-state index contributed by atoms with van der Waals surface area (Å²) in [5.41, 5.74) is 1.40. The third-order valence-electron chi connectivity index (χ3n) is 3.38. The van der Waals surface area contributed by atoms with Gasteiger partial charge in [0.05, 0.1) is 6.61 Å². The number of hydrogen-bond acceptors (Lipinski definition) is 2. The van der Waals surface area contributed by atoms with Crippen LogP contribution in [0.5, 0.6) is 0 Å². The largest absolute Gasteiger partial charge is 0.467 e. The molecule has 80 valence electrons. The Bertz CT molecular complexity index is 374. The molecule has 15 heavy (non-hydrogen) atoms. The van der Waals surface area contributed by atoms with Crippen molar-refractivity contribution >= 4 is 0 Å². The van der Waals surface area contributed by atoms with Gasteiger partial charge in [-0.15, -0.1) is 0 Å². The summed E-state index contributed by atoms with van der Waals surface area (Å²) < 4.78 is 11.6. The van der Waals surface area contributed by atoms with E-state index in [1.807, 2.05) is 13.8 Å². The molecule has 2 heteroatoms. The van der Waals surface area contributed by atoms with Crippen LogP contribution >= 0.6 is 0 Å². The second-order valence-corrected chi connectivity index (χ2v) is 4.90. The van der Waals surface area contributed by atoms with E-state index in [9.17, 15) is 0 Å². The smallest absolute Gasteiger partial charge is 0.204 e. The molecule has 3 rings (SSSR count). The van der Waals surface area contributed by atoms with Crippen molar-refractivity contribution in [2.24, 2.45) is 11.8 Å². The summed E-state index contributed by atoms with van der Waals surface area (Å²) in [6, 6.07) is 0. The van der Waals surface area contributed by atoms with Gasteiger partial charge in [-0.3, -0.25) is 0 Å². The molecule has 0 aromatic heterocycles. The fraction of sp³-hybridized carbons (Fsp3) is 0.538. The van der Waals surface area contributed by atoms with Crippen LogP contribution in [0.3, 0.4) is 0 Å². The number of fused-ring (bicyclic) bond motifs is 3. The third-order valence-corrected chi connectivity index (χ3v) is 3.38. The first-order valence-corrected chi connectivity index (χ1v) is 5.57. The van der Waals surface area contributed by atoms with Gasteiger partial charge in [0.25, 0.3) is 0 Å². The van der Waals surface area contributed by atoms with Crippen molar-refractivity contribution in [3.05, 3.63) is 35.6 Å².